The fraction of sp³-hybridized carbons (Fsp3) is 0.750. The summed E-state index contributed by atoms with van der Waals surface area (Å²) >= 11 is 0. The molecule has 1 heterocycles. The first kappa shape index (κ1) is 6.66. The second-order valence-electron chi connectivity index (χ2n) is 3.31. The SMILES string of the molecule is N#C[C@H]1CC(=O)N(C2CC2)C1. The van der Waals surface area contributed by atoms with E-state index >= 15 is 0 Å². The van der Waals surface area contributed by atoms with E-state index in [4.69, 9.17) is 5.26 Å². The maximum absolute atomic E-state index is 11.2. The van der Waals surface area contributed by atoms with Crippen LogP contribution in [0.15, 0.2) is 0 Å². The lowest BCUT2D eigenvalue weighted by Gasteiger charge is -2.13. The Balaban J connectivity index is 2.02. The van der Waals surface area contributed by atoms with Gasteiger partial charge in [-0.05, 0) is 12.8 Å². The van der Waals surface area contributed by atoms with Gasteiger partial charge in [-0.25, -0.2) is 0 Å². The van der Waals surface area contributed by atoms with Crippen molar-refractivity contribution in [1.29, 1.82) is 5.26 Å². The van der Waals surface area contributed by atoms with E-state index in [2.05, 4.69) is 6.07 Å². The van der Waals surface area contributed by atoms with Crippen LogP contribution in [0, 0.1) is 17.2 Å². The molecule has 1 saturated carbocycles. The molecule has 0 N–H and O–H groups in total. The molecule has 0 aromatic heterocycles. The van der Waals surface area contributed by atoms with E-state index in [1.165, 1.54) is 0 Å². The molecule has 58 valence electrons. The minimum absolute atomic E-state index is 0.0388. The van der Waals surface area contributed by atoms with E-state index in [0.29, 0.717) is 19.0 Å². The topological polar surface area (TPSA) is 44.1 Å². The summed E-state index contributed by atoms with van der Waals surface area (Å²) in [6.07, 6.45) is 2.74. The van der Waals surface area contributed by atoms with E-state index < -0.39 is 0 Å². The van der Waals surface area contributed by atoms with Crippen LogP contribution in [0.3, 0.4) is 0 Å². The molecular formula is C8H10N2O. The molecule has 1 amide bonds. The average molecular weight is 150 g/mol. The summed E-state index contributed by atoms with van der Waals surface area (Å²) in [7, 11) is 0. The number of carbonyl (C=O) groups excluding carboxylic acids is 1. The molecule has 0 spiro atoms. The molecule has 0 radical (unpaired) electrons. The molecule has 3 heteroatoms. The Kier molecular flexibility index (Phi) is 1.35. The van der Waals surface area contributed by atoms with Gasteiger partial charge in [0.2, 0.25) is 5.91 Å². The molecule has 2 rings (SSSR count). The number of nitrogens with zero attached hydrogens (tertiary/aromatic N) is 2. The van der Waals surface area contributed by atoms with Crippen LogP contribution in [0.5, 0.6) is 0 Å². The molecule has 1 atom stereocenters. The van der Waals surface area contributed by atoms with Crippen molar-refractivity contribution >= 4 is 5.91 Å². The van der Waals surface area contributed by atoms with Gasteiger partial charge in [0.15, 0.2) is 0 Å². The zero-order valence-electron chi connectivity index (χ0n) is 6.29. The van der Waals surface area contributed by atoms with Gasteiger partial charge in [0, 0.05) is 19.0 Å². The average Bonchev–Trinajstić information content (AvgIpc) is 2.76. The first-order chi connectivity index (χ1) is 5.31. The maximum atomic E-state index is 11.2. The Morgan fingerprint density at radius 2 is 2.27 bits per heavy atom. The van der Waals surface area contributed by atoms with Crippen LogP contribution in [-0.2, 0) is 4.79 Å². The van der Waals surface area contributed by atoms with Crippen molar-refractivity contribution < 1.29 is 4.79 Å². The number of amides is 1. The number of likely N-dealkylation sites (tertiary alicyclic amines) is 1. The van der Waals surface area contributed by atoms with Crippen LogP contribution in [-0.4, -0.2) is 23.4 Å². The highest BCUT2D eigenvalue weighted by atomic mass is 16.2. The quantitative estimate of drug-likeness (QED) is 0.547. The van der Waals surface area contributed by atoms with Crippen LogP contribution in [0.4, 0.5) is 0 Å². The Bertz CT molecular complexity index is 227. The molecule has 0 unspecified atom stereocenters. The van der Waals surface area contributed by atoms with Gasteiger partial charge in [-0.2, -0.15) is 5.26 Å². The number of rotatable bonds is 1. The van der Waals surface area contributed by atoms with Gasteiger partial charge in [0.05, 0.1) is 12.0 Å². The van der Waals surface area contributed by atoms with Gasteiger partial charge in [0.1, 0.15) is 0 Å². The van der Waals surface area contributed by atoms with Crippen molar-refractivity contribution in [3.8, 4) is 6.07 Å². The number of nitriles is 1. The molecule has 2 fully saturated rings. The van der Waals surface area contributed by atoms with Crippen molar-refractivity contribution in [3.05, 3.63) is 0 Å². The molecule has 2 aliphatic rings. The lowest BCUT2D eigenvalue weighted by atomic mass is 10.1. The van der Waals surface area contributed by atoms with Crippen molar-refractivity contribution in [3.63, 3.8) is 0 Å². The van der Waals surface area contributed by atoms with Crippen LogP contribution in [0.25, 0.3) is 0 Å². The Hall–Kier alpha value is -1.04. The molecule has 1 aliphatic carbocycles. The largest absolute Gasteiger partial charge is 0.338 e. The third-order valence-electron chi connectivity index (χ3n) is 2.33. The predicted molar refractivity (Wildman–Crippen MR) is 38.5 cm³/mol. The molecule has 3 nitrogen and oxygen atoms in total. The first-order valence-corrected chi connectivity index (χ1v) is 4.00. The molecule has 0 aromatic rings. The minimum atomic E-state index is -0.0388. The summed E-state index contributed by atoms with van der Waals surface area (Å²) in [4.78, 5) is 13.1. The maximum Gasteiger partial charge on any atom is 0.224 e. The van der Waals surface area contributed by atoms with E-state index in [1.807, 2.05) is 4.90 Å². The number of carbonyl (C=O) groups is 1. The first-order valence-electron chi connectivity index (χ1n) is 4.00. The standard InChI is InChI=1S/C8H10N2O/c9-4-6-3-8(11)10(5-6)7-1-2-7/h6-7H,1-3,5H2/t6-/m1/s1. The highest BCUT2D eigenvalue weighted by Crippen LogP contribution is 2.32. The normalized spacial score (nSPS) is 30.6. The third-order valence-corrected chi connectivity index (χ3v) is 2.33. The molecule has 0 bridgehead atoms. The van der Waals surface area contributed by atoms with Crippen LogP contribution in [0.2, 0.25) is 0 Å². The molecular weight excluding hydrogens is 140 g/mol. The van der Waals surface area contributed by atoms with E-state index in [0.717, 1.165) is 12.8 Å². The van der Waals surface area contributed by atoms with Crippen LogP contribution < -0.4 is 0 Å². The monoisotopic (exact) mass is 150 g/mol. The Morgan fingerprint density at radius 3 is 2.73 bits per heavy atom. The zero-order chi connectivity index (χ0) is 7.84. The Morgan fingerprint density at radius 1 is 1.55 bits per heavy atom. The van der Waals surface area contributed by atoms with Crippen LogP contribution in [0.1, 0.15) is 19.3 Å². The fourth-order valence-corrected chi connectivity index (χ4v) is 1.56. The summed E-state index contributed by atoms with van der Waals surface area (Å²) in [5.74, 6) is 0.141. The number of hydrogen-bond acceptors (Lipinski definition) is 2. The summed E-state index contributed by atoms with van der Waals surface area (Å²) in [5.41, 5.74) is 0. The molecule has 11 heavy (non-hydrogen) atoms. The van der Waals surface area contributed by atoms with E-state index in [-0.39, 0.29) is 11.8 Å². The smallest absolute Gasteiger partial charge is 0.224 e. The fourth-order valence-electron chi connectivity index (χ4n) is 1.56. The third kappa shape index (κ3) is 1.09. The second-order valence-corrected chi connectivity index (χ2v) is 3.31. The Labute approximate surface area is 65.6 Å². The van der Waals surface area contributed by atoms with Crippen molar-refractivity contribution in [1.82, 2.24) is 4.90 Å². The minimum Gasteiger partial charge on any atom is -0.338 e. The van der Waals surface area contributed by atoms with Gasteiger partial charge < -0.3 is 4.90 Å². The second kappa shape index (κ2) is 2.23. The summed E-state index contributed by atoms with van der Waals surface area (Å²) in [6, 6.07) is 2.63. The van der Waals surface area contributed by atoms with E-state index in [1.54, 1.807) is 0 Å². The van der Waals surface area contributed by atoms with Crippen molar-refractivity contribution in [2.75, 3.05) is 6.54 Å². The lowest BCUT2D eigenvalue weighted by Crippen LogP contribution is -2.27. The van der Waals surface area contributed by atoms with Gasteiger partial charge in [-0.1, -0.05) is 0 Å². The summed E-state index contributed by atoms with van der Waals surface area (Å²) < 4.78 is 0. The zero-order valence-corrected chi connectivity index (χ0v) is 6.29. The predicted octanol–water partition coefficient (Wildman–Crippen LogP) is 0.521. The van der Waals surface area contributed by atoms with Gasteiger partial charge in [-0.15, -0.1) is 0 Å². The summed E-state index contributed by atoms with van der Waals surface area (Å²) in [5, 5.41) is 8.57. The van der Waals surface area contributed by atoms with E-state index in [9.17, 15) is 4.79 Å². The van der Waals surface area contributed by atoms with Crippen molar-refractivity contribution in [2.45, 2.75) is 25.3 Å². The van der Waals surface area contributed by atoms with Gasteiger partial charge >= 0.3 is 0 Å². The molecule has 1 aliphatic heterocycles. The van der Waals surface area contributed by atoms with Gasteiger partial charge in [0.25, 0.3) is 0 Å². The molecule has 0 aromatic carbocycles. The summed E-state index contributed by atoms with van der Waals surface area (Å²) in [6.45, 7) is 0.681. The highest BCUT2D eigenvalue weighted by molar-refractivity contribution is 5.79. The highest BCUT2D eigenvalue weighted by Gasteiger charge is 2.39. The lowest BCUT2D eigenvalue weighted by molar-refractivity contribution is -0.128. The number of hydrogen-bond donors (Lipinski definition) is 0. The molecule has 1 saturated heterocycles. The van der Waals surface area contributed by atoms with Crippen LogP contribution >= 0.6 is 0 Å². The van der Waals surface area contributed by atoms with Gasteiger partial charge in [-0.3, -0.25) is 4.79 Å². The van der Waals surface area contributed by atoms with Crippen molar-refractivity contribution in [2.24, 2.45) is 5.92 Å².